The van der Waals surface area contributed by atoms with Gasteiger partial charge >= 0.3 is 17.9 Å². The van der Waals surface area contributed by atoms with Gasteiger partial charge in [-0.25, -0.2) is 0 Å². The second kappa shape index (κ2) is 58.1. The van der Waals surface area contributed by atoms with E-state index >= 15 is 0 Å². The van der Waals surface area contributed by atoms with Crippen molar-refractivity contribution in [1.29, 1.82) is 0 Å². The summed E-state index contributed by atoms with van der Waals surface area (Å²) < 4.78 is 16.8. The predicted molar refractivity (Wildman–Crippen MR) is 306 cm³/mol. The molecule has 0 spiro atoms. The molecule has 0 aromatic heterocycles. The van der Waals surface area contributed by atoms with Crippen LogP contribution in [0, 0.1) is 0 Å². The molecule has 0 fully saturated rings. The molecule has 0 saturated heterocycles. The Hall–Kier alpha value is -4.45. The molecule has 71 heavy (non-hydrogen) atoms. The molecular weight excluding hydrogens is 877 g/mol. The Kier molecular flexibility index (Phi) is 54.5. The first kappa shape index (κ1) is 66.6. The number of esters is 3. The van der Waals surface area contributed by atoms with Gasteiger partial charge in [0.15, 0.2) is 6.10 Å². The molecule has 0 radical (unpaired) electrons. The molecule has 0 saturated carbocycles. The summed E-state index contributed by atoms with van der Waals surface area (Å²) in [4.78, 5) is 38.2. The lowest BCUT2D eigenvalue weighted by molar-refractivity contribution is -0.167. The van der Waals surface area contributed by atoms with E-state index in [4.69, 9.17) is 14.2 Å². The van der Waals surface area contributed by atoms with Crippen LogP contribution in [-0.2, 0) is 28.6 Å². The van der Waals surface area contributed by atoms with Crippen molar-refractivity contribution >= 4 is 17.9 Å². The quantitative estimate of drug-likeness (QED) is 0.0199. The van der Waals surface area contributed by atoms with Crippen molar-refractivity contribution in [2.75, 3.05) is 13.2 Å². The van der Waals surface area contributed by atoms with Gasteiger partial charge in [0.25, 0.3) is 0 Å². The SMILES string of the molecule is CC\C=C/C=C\C=C/C=C\C=C\C=C/C=C\CCCCCC(=O)OCC(COC(=O)CCCCCCCCC\C=C/C=C\C=C/CC)OC(=O)CCCCCCCCC/C=C\CCCCCCCCCC. The zero-order valence-corrected chi connectivity index (χ0v) is 45.7. The highest BCUT2D eigenvalue weighted by Crippen LogP contribution is 2.15. The van der Waals surface area contributed by atoms with E-state index in [1.54, 1.807) is 0 Å². The average molecular weight is 982 g/mol. The molecular formula is C65H104O6. The van der Waals surface area contributed by atoms with Crippen LogP contribution in [0.1, 0.15) is 239 Å². The van der Waals surface area contributed by atoms with Gasteiger partial charge in [-0.2, -0.15) is 0 Å². The molecule has 0 aromatic carbocycles. The highest BCUT2D eigenvalue weighted by molar-refractivity contribution is 5.71. The summed E-state index contributed by atoms with van der Waals surface area (Å²) in [7, 11) is 0. The van der Waals surface area contributed by atoms with Gasteiger partial charge in [-0.3, -0.25) is 14.4 Å². The molecule has 1 unspecified atom stereocenters. The van der Waals surface area contributed by atoms with Gasteiger partial charge in [0.1, 0.15) is 13.2 Å². The summed E-state index contributed by atoms with van der Waals surface area (Å²) in [5.41, 5.74) is 0. The minimum Gasteiger partial charge on any atom is -0.462 e. The zero-order valence-electron chi connectivity index (χ0n) is 45.7. The van der Waals surface area contributed by atoms with E-state index in [-0.39, 0.29) is 31.1 Å². The van der Waals surface area contributed by atoms with Gasteiger partial charge in [0.2, 0.25) is 0 Å². The molecule has 0 aliphatic carbocycles. The van der Waals surface area contributed by atoms with E-state index in [2.05, 4.69) is 81.5 Å². The molecule has 1 atom stereocenters. The zero-order chi connectivity index (χ0) is 51.4. The van der Waals surface area contributed by atoms with Crippen LogP contribution in [-0.4, -0.2) is 37.2 Å². The maximum Gasteiger partial charge on any atom is 0.306 e. The van der Waals surface area contributed by atoms with Crippen LogP contribution in [0.25, 0.3) is 0 Å². The fourth-order valence-corrected chi connectivity index (χ4v) is 7.60. The summed E-state index contributed by atoms with van der Waals surface area (Å²) in [6.07, 6.45) is 81.5. The monoisotopic (exact) mass is 981 g/mol. The number of rotatable bonds is 50. The van der Waals surface area contributed by atoms with Gasteiger partial charge in [-0.15, -0.1) is 0 Å². The smallest absolute Gasteiger partial charge is 0.306 e. The predicted octanol–water partition coefficient (Wildman–Crippen LogP) is 19.4. The van der Waals surface area contributed by atoms with E-state index in [1.807, 2.05) is 72.9 Å². The van der Waals surface area contributed by atoms with Crippen LogP contribution in [0.5, 0.6) is 0 Å². The second-order valence-corrected chi connectivity index (χ2v) is 18.7. The Morgan fingerprint density at radius 1 is 0.296 bits per heavy atom. The Bertz CT molecular complexity index is 1550. The van der Waals surface area contributed by atoms with Gasteiger partial charge in [-0.05, 0) is 83.5 Å². The van der Waals surface area contributed by atoms with Crippen molar-refractivity contribution < 1.29 is 28.6 Å². The van der Waals surface area contributed by atoms with E-state index < -0.39 is 6.10 Å². The molecule has 6 heteroatoms. The molecule has 0 aromatic rings. The molecule has 0 rings (SSSR count). The number of ether oxygens (including phenoxy) is 3. The summed E-state index contributed by atoms with van der Waals surface area (Å²) in [6, 6.07) is 0. The third-order valence-corrected chi connectivity index (χ3v) is 11.9. The number of carbonyl (C=O) groups is 3. The first-order valence-corrected chi connectivity index (χ1v) is 28.8. The largest absolute Gasteiger partial charge is 0.462 e. The minimum atomic E-state index is -0.810. The van der Waals surface area contributed by atoms with E-state index in [0.717, 1.165) is 83.5 Å². The lowest BCUT2D eigenvalue weighted by Gasteiger charge is -2.18. The molecule has 6 nitrogen and oxygen atoms in total. The Labute approximate surface area is 436 Å². The summed E-state index contributed by atoms with van der Waals surface area (Å²) in [5.74, 6) is -0.970. The van der Waals surface area contributed by atoms with Crippen LogP contribution >= 0.6 is 0 Å². The molecule has 400 valence electrons. The normalized spacial score (nSPS) is 13.1. The van der Waals surface area contributed by atoms with Crippen LogP contribution in [0.4, 0.5) is 0 Å². The summed E-state index contributed by atoms with van der Waals surface area (Å²) >= 11 is 0. The number of allylic oxidation sites excluding steroid dienone is 22. The van der Waals surface area contributed by atoms with Crippen LogP contribution in [0.2, 0.25) is 0 Å². The Morgan fingerprint density at radius 3 is 0.915 bits per heavy atom. The van der Waals surface area contributed by atoms with Crippen molar-refractivity contribution in [3.8, 4) is 0 Å². The molecule has 0 aliphatic heterocycles. The highest BCUT2D eigenvalue weighted by atomic mass is 16.6. The highest BCUT2D eigenvalue weighted by Gasteiger charge is 2.19. The van der Waals surface area contributed by atoms with Crippen molar-refractivity contribution in [2.45, 2.75) is 245 Å². The van der Waals surface area contributed by atoms with Gasteiger partial charge in [0, 0.05) is 19.3 Å². The second-order valence-electron chi connectivity index (χ2n) is 18.7. The topological polar surface area (TPSA) is 78.9 Å². The third-order valence-electron chi connectivity index (χ3n) is 11.9. The van der Waals surface area contributed by atoms with Gasteiger partial charge < -0.3 is 14.2 Å². The summed E-state index contributed by atoms with van der Waals surface area (Å²) in [5, 5.41) is 0. The van der Waals surface area contributed by atoms with Crippen molar-refractivity contribution in [3.05, 3.63) is 134 Å². The molecule has 0 bridgehead atoms. The van der Waals surface area contributed by atoms with E-state index in [9.17, 15) is 14.4 Å². The van der Waals surface area contributed by atoms with E-state index in [0.29, 0.717) is 19.3 Å². The number of hydrogen-bond acceptors (Lipinski definition) is 6. The Balaban J connectivity index is 4.52. The van der Waals surface area contributed by atoms with Crippen molar-refractivity contribution in [2.24, 2.45) is 0 Å². The lowest BCUT2D eigenvalue weighted by atomic mass is 10.1. The Morgan fingerprint density at radius 2 is 0.563 bits per heavy atom. The first-order valence-electron chi connectivity index (χ1n) is 28.8. The van der Waals surface area contributed by atoms with Crippen LogP contribution in [0.3, 0.4) is 0 Å². The molecule has 0 aliphatic rings. The maximum atomic E-state index is 12.9. The van der Waals surface area contributed by atoms with E-state index in [1.165, 1.54) is 116 Å². The first-order chi connectivity index (χ1) is 35.0. The number of unbranched alkanes of at least 4 members (excludes halogenated alkanes) is 25. The van der Waals surface area contributed by atoms with Crippen LogP contribution < -0.4 is 0 Å². The average Bonchev–Trinajstić information content (AvgIpc) is 3.37. The number of carbonyl (C=O) groups excluding carboxylic acids is 3. The standard InChI is InChI=1S/C65H104O6/c1-4-7-10-13-16-19-22-25-28-30-32-34-37-40-43-46-49-52-55-58-64(67)70-61-62(60-69-63(66)57-54-51-48-45-42-39-36-27-24-21-18-15-12-9-6-3)71-65(68)59-56-53-50-47-44-41-38-35-33-31-29-26-23-20-17-14-11-8-5-2/h7,9-10,12-13,15-16,18-19,21-22,24-25,28,30-34,37,40,43,62H,4-6,8,11,14,17,20,23,26-27,29,35-36,38-39,41-42,44-61H2,1-3H3/b10-7-,12-9-,16-13-,18-15-,22-19-,24-21-,28-25-,32-30+,33-31-,37-34-,43-40-. The van der Waals surface area contributed by atoms with Gasteiger partial charge in [0.05, 0.1) is 0 Å². The summed E-state index contributed by atoms with van der Waals surface area (Å²) in [6.45, 7) is 6.31. The molecule has 0 N–H and O–H groups in total. The van der Waals surface area contributed by atoms with Gasteiger partial charge in [-0.1, -0.05) is 270 Å². The van der Waals surface area contributed by atoms with Crippen LogP contribution in [0.15, 0.2) is 134 Å². The minimum absolute atomic E-state index is 0.105. The third kappa shape index (κ3) is 56.3. The molecule has 0 amide bonds. The lowest BCUT2D eigenvalue weighted by Crippen LogP contribution is -2.30. The van der Waals surface area contributed by atoms with Crippen molar-refractivity contribution in [3.63, 3.8) is 0 Å². The fourth-order valence-electron chi connectivity index (χ4n) is 7.60. The fraction of sp³-hybridized carbons (Fsp3) is 0.615. The molecule has 0 heterocycles. The van der Waals surface area contributed by atoms with Crippen molar-refractivity contribution in [1.82, 2.24) is 0 Å². The number of hydrogen-bond donors (Lipinski definition) is 0. The maximum absolute atomic E-state index is 12.9.